The van der Waals surface area contributed by atoms with Crippen molar-refractivity contribution < 1.29 is 4.79 Å². The van der Waals surface area contributed by atoms with Gasteiger partial charge in [0.25, 0.3) is 0 Å². The van der Waals surface area contributed by atoms with E-state index in [4.69, 9.17) is 0 Å². The van der Waals surface area contributed by atoms with Gasteiger partial charge in [-0.2, -0.15) is 0 Å². The van der Waals surface area contributed by atoms with Crippen LogP contribution in [0.15, 0.2) is 0 Å². The first-order valence-electron chi connectivity index (χ1n) is 7.87. The molecular weight excluding hydrogens is 274 g/mol. The van der Waals surface area contributed by atoms with E-state index < -0.39 is 0 Å². The van der Waals surface area contributed by atoms with E-state index in [1.807, 2.05) is 4.90 Å². The molecule has 1 rings (SSSR count). The summed E-state index contributed by atoms with van der Waals surface area (Å²) >= 11 is 0. The lowest BCUT2D eigenvalue weighted by molar-refractivity contribution is -0.132. The molecule has 4 nitrogen and oxygen atoms in total. The van der Waals surface area contributed by atoms with Gasteiger partial charge < -0.3 is 10.2 Å². The Morgan fingerprint density at radius 2 is 1.80 bits per heavy atom. The Bertz CT molecular complexity index is 250. The molecule has 0 aromatic rings. The van der Waals surface area contributed by atoms with E-state index in [2.05, 4.69) is 31.1 Å². The summed E-state index contributed by atoms with van der Waals surface area (Å²) in [6.07, 6.45) is 5.67. The highest BCUT2D eigenvalue weighted by atomic mass is 35.5. The summed E-state index contributed by atoms with van der Waals surface area (Å²) in [5, 5.41) is 3.43. The van der Waals surface area contributed by atoms with E-state index in [9.17, 15) is 4.79 Å². The number of hydrogen-bond donors (Lipinski definition) is 1. The van der Waals surface area contributed by atoms with E-state index >= 15 is 0 Å². The van der Waals surface area contributed by atoms with Crippen LogP contribution >= 0.6 is 12.4 Å². The van der Waals surface area contributed by atoms with E-state index in [-0.39, 0.29) is 12.4 Å². The molecule has 0 spiro atoms. The molecule has 1 saturated heterocycles. The van der Waals surface area contributed by atoms with Gasteiger partial charge in [0.2, 0.25) is 5.91 Å². The van der Waals surface area contributed by atoms with Crippen LogP contribution in [-0.4, -0.2) is 61.5 Å². The minimum atomic E-state index is 0. The summed E-state index contributed by atoms with van der Waals surface area (Å²) in [5.74, 6) is 0.295. The number of nitrogens with zero attached hydrogens (tertiary/aromatic N) is 2. The third kappa shape index (κ3) is 6.91. The monoisotopic (exact) mass is 305 g/mol. The van der Waals surface area contributed by atoms with Gasteiger partial charge in [-0.3, -0.25) is 9.69 Å². The number of likely N-dealkylation sites (N-methyl/N-ethyl adjacent to an activating group) is 1. The zero-order chi connectivity index (χ0) is 14.1. The topological polar surface area (TPSA) is 35.6 Å². The maximum Gasteiger partial charge on any atom is 0.236 e. The maximum atomic E-state index is 12.3. The second-order valence-electron chi connectivity index (χ2n) is 5.63. The molecule has 1 aliphatic heterocycles. The van der Waals surface area contributed by atoms with Crippen molar-refractivity contribution in [3.05, 3.63) is 0 Å². The second-order valence-corrected chi connectivity index (χ2v) is 5.63. The molecule has 120 valence electrons. The number of rotatable bonds is 7. The number of carbonyl (C=O) groups is 1. The van der Waals surface area contributed by atoms with Gasteiger partial charge in [-0.15, -0.1) is 12.4 Å². The molecule has 5 heteroatoms. The van der Waals surface area contributed by atoms with Crippen LogP contribution in [-0.2, 0) is 4.79 Å². The number of carbonyl (C=O) groups excluding carboxylic acids is 1. The second kappa shape index (κ2) is 11.4. The van der Waals surface area contributed by atoms with Crippen molar-refractivity contribution in [1.82, 2.24) is 15.1 Å². The van der Waals surface area contributed by atoms with Crippen molar-refractivity contribution in [2.24, 2.45) is 0 Å². The molecule has 0 aromatic heterocycles. The number of amides is 1. The third-order valence-electron chi connectivity index (χ3n) is 3.89. The van der Waals surface area contributed by atoms with Crippen LogP contribution in [0.1, 0.15) is 46.0 Å². The van der Waals surface area contributed by atoms with E-state index in [0.29, 0.717) is 18.5 Å². The molecule has 0 bridgehead atoms. The van der Waals surface area contributed by atoms with E-state index in [0.717, 1.165) is 45.4 Å². The minimum absolute atomic E-state index is 0. The molecule has 1 aliphatic rings. The van der Waals surface area contributed by atoms with Crippen molar-refractivity contribution in [2.45, 2.75) is 52.0 Å². The normalized spacial score (nSPS) is 19.3. The molecule has 1 heterocycles. The molecule has 0 aliphatic carbocycles. The largest absolute Gasteiger partial charge is 0.342 e. The molecule has 1 N–H and O–H groups in total. The van der Waals surface area contributed by atoms with Crippen molar-refractivity contribution in [3.63, 3.8) is 0 Å². The summed E-state index contributed by atoms with van der Waals surface area (Å²) < 4.78 is 0. The fourth-order valence-electron chi connectivity index (χ4n) is 2.78. The first-order chi connectivity index (χ1) is 9.19. The molecule has 0 saturated carbocycles. The van der Waals surface area contributed by atoms with Gasteiger partial charge >= 0.3 is 0 Å². The van der Waals surface area contributed by atoms with Gasteiger partial charge in [0.1, 0.15) is 0 Å². The van der Waals surface area contributed by atoms with Crippen LogP contribution in [0.3, 0.4) is 0 Å². The molecule has 1 fully saturated rings. The van der Waals surface area contributed by atoms with E-state index in [1.54, 1.807) is 0 Å². The average Bonchev–Trinajstić information content (AvgIpc) is 2.67. The van der Waals surface area contributed by atoms with Gasteiger partial charge in [-0.1, -0.05) is 13.8 Å². The van der Waals surface area contributed by atoms with E-state index in [1.165, 1.54) is 12.8 Å². The molecule has 0 aromatic carbocycles. The number of nitrogens with one attached hydrogen (secondary N) is 1. The predicted molar refractivity (Wildman–Crippen MR) is 87.5 cm³/mol. The highest BCUT2D eigenvalue weighted by Crippen LogP contribution is 2.12. The van der Waals surface area contributed by atoms with Crippen LogP contribution in [0.25, 0.3) is 0 Å². The Labute approximate surface area is 130 Å². The van der Waals surface area contributed by atoms with Crippen LogP contribution < -0.4 is 5.32 Å². The summed E-state index contributed by atoms with van der Waals surface area (Å²) in [5.41, 5.74) is 0. The first kappa shape index (κ1) is 19.7. The Kier molecular flexibility index (Phi) is 11.2. The number of halogens is 1. The Morgan fingerprint density at radius 1 is 1.15 bits per heavy atom. The molecule has 1 amide bonds. The molecular formula is C15H32ClN3O. The lowest BCUT2D eigenvalue weighted by atomic mass is 10.1. The fraction of sp³-hybridized carbons (Fsp3) is 0.933. The van der Waals surface area contributed by atoms with Gasteiger partial charge in [0, 0.05) is 19.1 Å². The fourth-order valence-corrected chi connectivity index (χ4v) is 2.78. The van der Waals surface area contributed by atoms with Gasteiger partial charge in [0.15, 0.2) is 0 Å². The molecule has 20 heavy (non-hydrogen) atoms. The molecule has 0 radical (unpaired) electrons. The predicted octanol–water partition coefficient (Wildman–Crippen LogP) is 2.13. The van der Waals surface area contributed by atoms with Crippen molar-refractivity contribution in [2.75, 3.05) is 39.8 Å². The zero-order valence-corrected chi connectivity index (χ0v) is 14.2. The Balaban J connectivity index is 0.00000361. The quantitative estimate of drug-likeness (QED) is 0.783. The van der Waals surface area contributed by atoms with Gasteiger partial charge in [0.05, 0.1) is 6.54 Å². The summed E-state index contributed by atoms with van der Waals surface area (Å²) in [6.45, 7) is 8.84. The standard InChI is InChI=1S/C15H31N3O.ClH/c1-4-11-18(12-5-2)15(19)13-17(3)14-7-6-9-16-10-8-14;/h14,16H,4-13H2,1-3H3;1H. The molecule has 1 atom stereocenters. The van der Waals surface area contributed by atoms with Gasteiger partial charge in [-0.05, 0) is 52.2 Å². The van der Waals surface area contributed by atoms with Crippen LogP contribution in [0, 0.1) is 0 Å². The van der Waals surface area contributed by atoms with Gasteiger partial charge in [-0.25, -0.2) is 0 Å². The Morgan fingerprint density at radius 3 is 2.40 bits per heavy atom. The first-order valence-corrected chi connectivity index (χ1v) is 7.87. The maximum absolute atomic E-state index is 12.3. The summed E-state index contributed by atoms with van der Waals surface area (Å²) in [7, 11) is 2.10. The summed E-state index contributed by atoms with van der Waals surface area (Å²) in [6, 6.07) is 0.559. The van der Waals surface area contributed by atoms with Crippen molar-refractivity contribution in [3.8, 4) is 0 Å². The van der Waals surface area contributed by atoms with Crippen LogP contribution in [0.4, 0.5) is 0 Å². The minimum Gasteiger partial charge on any atom is -0.342 e. The number of hydrogen-bond acceptors (Lipinski definition) is 3. The summed E-state index contributed by atoms with van der Waals surface area (Å²) in [4.78, 5) is 16.6. The average molecular weight is 306 g/mol. The zero-order valence-electron chi connectivity index (χ0n) is 13.4. The van der Waals surface area contributed by atoms with Crippen LogP contribution in [0.5, 0.6) is 0 Å². The molecule has 1 unspecified atom stereocenters. The third-order valence-corrected chi connectivity index (χ3v) is 3.89. The Hall–Kier alpha value is -0.320. The highest BCUT2D eigenvalue weighted by Gasteiger charge is 2.21. The lowest BCUT2D eigenvalue weighted by Crippen LogP contribution is -2.43. The van der Waals surface area contributed by atoms with Crippen LogP contribution in [0.2, 0.25) is 0 Å². The highest BCUT2D eigenvalue weighted by molar-refractivity contribution is 5.85. The van der Waals surface area contributed by atoms with Crippen molar-refractivity contribution in [1.29, 1.82) is 0 Å². The smallest absolute Gasteiger partial charge is 0.236 e. The lowest BCUT2D eigenvalue weighted by Gasteiger charge is -2.29. The van der Waals surface area contributed by atoms with Crippen molar-refractivity contribution >= 4 is 18.3 Å². The SMILES string of the molecule is CCCN(CCC)C(=O)CN(C)C1CCCNCC1.Cl.